The van der Waals surface area contributed by atoms with E-state index in [0.717, 1.165) is 30.9 Å². The molecule has 0 amide bonds. The van der Waals surface area contributed by atoms with Crippen LogP contribution < -0.4 is 5.32 Å². The molecular formula is C18H25NO2. The van der Waals surface area contributed by atoms with E-state index in [-0.39, 0.29) is 0 Å². The molecule has 0 fully saturated rings. The van der Waals surface area contributed by atoms with Crippen LogP contribution >= 0.6 is 0 Å². The standard InChI is InChI=1S/C18H25NO2/c1-3-8-19-11-18-16(12-20-2)15-9-13-6-4-5-7-14(13)10-17(15)21-18/h9-10,19H,3-8,11-12H2,1-2H3. The van der Waals surface area contributed by atoms with Crippen LogP contribution in [0.15, 0.2) is 16.5 Å². The molecular weight excluding hydrogens is 262 g/mol. The van der Waals surface area contributed by atoms with E-state index in [0.29, 0.717) is 6.61 Å². The molecule has 1 aliphatic carbocycles. The lowest BCUT2D eigenvalue weighted by Crippen LogP contribution is -2.14. The summed E-state index contributed by atoms with van der Waals surface area (Å²) in [6.07, 6.45) is 6.13. The average Bonchev–Trinajstić information content (AvgIpc) is 2.83. The van der Waals surface area contributed by atoms with E-state index >= 15 is 0 Å². The van der Waals surface area contributed by atoms with E-state index in [2.05, 4.69) is 24.4 Å². The molecule has 3 heteroatoms. The van der Waals surface area contributed by atoms with Gasteiger partial charge in [0.15, 0.2) is 0 Å². The van der Waals surface area contributed by atoms with E-state index in [1.807, 2.05) is 0 Å². The van der Waals surface area contributed by atoms with Gasteiger partial charge in [-0.25, -0.2) is 0 Å². The molecule has 0 atom stereocenters. The van der Waals surface area contributed by atoms with Gasteiger partial charge < -0.3 is 14.5 Å². The van der Waals surface area contributed by atoms with Crippen molar-refractivity contribution in [1.29, 1.82) is 0 Å². The molecule has 0 aliphatic heterocycles. The highest BCUT2D eigenvalue weighted by Crippen LogP contribution is 2.32. The molecule has 0 bridgehead atoms. The van der Waals surface area contributed by atoms with Crippen LogP contribution in [-0.2, 0) is 30.7 Å². The summed E-state index contributed by atoms with van der Waals surface area (Å²) in [6.45, 7) is 4.59. The van der Waals surface area contributed by atoms with Crippen LogP contribution in [-0.4, -0.2) is 13.7 Å². The zero-order chi connectivity index (χ0) is 14.7. The second-order valence-corrected chi connectivity index (χ2v) is 5.94. The van der Waals surface area contributed by atoms with Crippen molar-refractivity contribution in [3.63, 3.8) is 0 Å². The summed E-state index contributed by atoms with van der Waals surface area (Å²) >= 11 is 0. The van der Waals surface area contributed by atoms with Crippen LogP contribution in [0.5, 0.6) is 0 Å². The maximum absolute atomic E-state index is 6.12. The molecule has 1 aromatic carbocycles. The molecule has 1 N–H and O–H groups in total. The molecule has 1 heterocycles. The molecule has 114 valence electrons. The highest BCUT2D eigenvalue weighted by Gasteiger charge is 2.18. The normalized spacial score (nSPS) is 14.6. The largest absolute Gasteiger partial charge is 0.459 e. The Morgan fingerprint density at radius 1 is 1.19 bits per heavy atom. The highest BCUT2D eigenvalue weighted by atomic mass is 16.5. The number of methoxy groups -OCH3 is 1. The summed E-state index contributed by atoms with van der Waals surface area (Å²) in [4.78, 5) is 0. The molecule has 0 unspecified atom stereocenters. The lowest BCUT2D eigenvalue weighted by atomic mass is 9.90. The van der Waals surface area contributed by atoms with E-state index in [1.165, 1.54) is 47.8 Å². The van der Waals surface area contributed by atoms with Gasteiger partial charge in [-0.3, -0.25) is 0 Å². The number of aryl methyl sites for hydroxylation is 2. The fourth-order valence-corrected chi connectivity index (χ4v) is 3.25. The van der Waals surface area contributed by atoms with Gasteiger partial charge in [-0.05, 0) is 61.9 Å². The fourth-order valence-electron chi connectivity index (χ4n) is 3.25. The zero-order valence-corrected chi connectivity index (χ0v) is 13.1. The summed E-state index contributed by atoms with van der Waals surface area (Å²) in [7, 11) is 1.75. The van der Waals surface area contributed by atoms with Gasteiger partial charge in [0.25, 0.3) is 0 Å². The van der Waals surface area contributed by atoms with Gasteiger partial charge >= 0.3 is 0 Å². The first-order chi connectivity index (χ1) is 10.3. The SMILES string of the molecule is CCCNCc1oc2cc3c(cc2c1COC)CCCC3. The van der Waals surface area contributed by atoms with E-state index in [1.54, 1.807) is 7.11 Å². The number of ether oxygens (including phenoxy) is 1. The van der Waals surface area contributed by atoms with Crippen molar-refractivity contribution in [3.05, 3.63) is 34.6 Å². The molecule has 0 saturated carbocycles. The number of furan rings is 1. The maximum Gasteiger partial charge on any atom is 0.135 e. The zero-order valence-electron chi connectivity index (χ0n) is 13.1. The van der Waals surface area contributed by atoms with Gasteiger partial charge in [0.05, 0.1) is 13.2 Å². The third-order valence-corrected chi connectivity index (χ3v) is 4.34. The molecule has 3 rings (SSSR count). The Balaban J connectivity index is 1.99. The predicted molar refractivity (Wildman–Crippen MR) is 85.6 cm³/mol. The summed E-state index contributed by atoms with van der Waals surface area (Å²) in [6, 6.07) is 4.59. The summed E-state index contributed by atoms with van der Waals surface area (Å²) < 4.78 is 11.5. The van der Waals surface area contributed by atoms with Crippen LogP contribution in [0.1, 0.15) is 48.6 Å². The van der Waals surface area contributed by atoms with Crippen LogP contribution in [0.4, 0.5) is 0 Å². The first-order valence-corrected chi connectivity index (χ1v) is 8.09. The number of fused-ring (bicyclic) bond motifs is 2. The van der Waals surface area contributed by atoms with Crippen molar-refractivity contribution in [2.75, 3.05) is 13.7 Å². The van der Waals surface area contributed by atoms with Crippen molar-refractivity contribution >= 4 is 11.0 Å². The lowest BCUT2D eigenvalue weighted by Gasteiger charge is -2.15. The molecule has 0 saturated heterocycles. The topological polar surface area (TPSA) is 34.4 Å². The molecule has 21 heavy (non-hydrogen) atoms. The number of hydrogen-bond donors (Lipinski definition) is 1. The molecule has 0 radical (unpaired) electrons. The van der Waals surface area contributed by atoms with Gasteiger partial charge in [-0.15, -0.1) is 0 Å². The van der Waals surface area contributed by atoms with Crippen molar-refractivity contribution in [3.8, 4) is 0 Å². The van der Waals surface area contributed by atoms with E-state index in [9.17, 15) is 0 Å². The van der Waals surface area contributed by atoms with Crippen LogP contribution in [0.3, 0.4) is 0 Å². The van der Waals surface area contributed by atoms with Gasteiger partial charge in [0.1, 0.15) is 11.3 Å². The minimum Gasteiger partial charge on any atom is -0.459 e. The second kappa shape index (κ2) is 6.63. The number of hydrogen-bond acceptors (Lipinski definition) is 3. The van der Waals surface area contributed by atoms with Gasteiger partial charge in [-0.2, -0.15) is 0 Å². The Morgan fingerprint density at radius 2 is 1.95 bits per heavy atom. The summed E-state index contributed by atoms with van der Waals surface area (Å²) in [5.41, 5.74) is 5.21. The Kier molecular flexibility index (Phi) is 4.61. The van der Waals surface area contributed by atoms with E-state index in [4.69, 9.17) is 9.15 Å². The fraction of sp³-hybridized carbons (Fsp3) is 0.556. The van der Waals surface area contributed by atoms with Crippen molar-refractivity contribution in [2.45, 2.75) is 52.2 Å². The minimum absolute atomic E-state index is 0.620. The first kappa shape index (κ1) is 14.6. The Labute approximate surface area is 126 Å². The van der Waals surface area contributed by atoms with Crippen molar-refractivity contribution < 1.29 is 9.15 Å². The summed E-state index contributed by atoms with van der Waals surface area (Å²) in [5.74, 6) is 1.03. The Bertz CT molecular complexity index is 615. The smallest absolute Gasteiger partial charge is 0.135 e. The van der Waals surface area contributed by atoms with E-state index < -0.39 is 0 Å². The maximum atomic E-state index is 6.12. The molecule has 0 spiro atoms. The van der Waals surface area contributed by atoms with Crippen LogP contribution in [0.2, 0.25) is 0 Å². The summed E-state index contributed by atoms with van der Waals surface area (Å²) in [5, 5.41) is 4.67. The minimum atomic E-state index is 0.620. The number of benzene rings is 1. The third kappa shape index (κ3) is 2.99. The van der Waals surface area contributed by atoms with Gasteiger partial charge in [-0.1, -0.05) is 6.92 Å². The predicted octanol–water partition coefficient (Wildman–Crippen LogP) is 3.96. The monoisotopic (exact) mass is 287 g/mol. The average molecular weight is 287 g/mol. The molecule has 1 aliphatic rings. The highest BCUT2D eigenvalue weighted by molar-refractivity contribution is 5.84. The Hall–Kier alpha value is -1.32. The van der Waals surface area contributed by atoms with Crippen molar-refractivity contribution in [1.82, 2.24) is 5.32 Å². The first-order valence-electron chi connectivity index (χ1n) is 8.09. The molecule has 1 aromatic heterocycles. The second-order valence-electron chi connectivity index (χ2n) is 5.94. The number of rotatable bonds is 6. The van der Waals surface area contributed by atoms with Gasteiger partial charge in [0.2, 0.25) is 0 Å². The molecule has 3 nitrogen and oxygen atoms in total. The molecule has 2 aromatic rings. The quantitative estimate of drug-likeness (QED) is 0.817. The lowest BCUT2D eigenvalue weighted by molar-refractivity contribution is 0.183. The Morgan fingerprint density at radius 3 is 2.67 bits per heavy atom. The van der Waals surface area contributed by atoms with Gasteiger partial charge in [0, 0.05) is 18.1 Å². The van der Waals surface area contributed by atoms with Crippen LogP contribution in [0, 0.1) is 0 Å². The number of nitrogens with one attached hydrogen (secondary N) is 1. The van der Waals surface area contributed by atoms with Crippen LogP contribution in [0.25, 0.3) is 11.0 Å². The van der Waals surface area contributed by atoms with Crippen molar-refractivity contribution in [2.24, 2.45) is 0 Å². The third-order valence-electron chi connectivity index (χ3n) is 4.34.